The molecular formula is C30H28N4O2. The molecule has 1 aromatic heterocycles. The molecule has 180 valence electrons. The van der Waals surface area contributed by atoms with E-state index in [0.29, 0.717) is 25.9 Å². The largest absolute Gasteiger partial charge is 0.339 e. The highest BCUT2D eigenvalue weighted by Gasteiger charge is 2.26. The van der Waals surface area contributed by atoms with E-state index in [0.717, 1.165) is 28.2 Å². The van der Waals surface area contributed by atoms with Gasteiger partial charge in [0.25, 0.3) is 0 Å². The fourth-order valence-electron chi connectivity index (χ4n) is 4.44. The van der Waals surface area contributed by atoms with Crippen molar-refractivity contribution in [3.05, 3.63) is 109 Å². The van der Waals surface area contributed by atoms with Crippen LogP contribution in [0.25, 0.3) is 23.0 Å². The molecule has 2 heterocycles. The molecule has 4 aromatic rings. The van der Waals surface area contributed by atoms with Crippen molar-refractivity contribution in [2.45, 2.75) is 12.8 Å². The van der Waals surface area contributed by atoms with Crippen LogP contribution in [-0.2, 0) is 9.59 Å². The number of piperidine rings is 1. The highest BCUT2D eigenvalue weighted by Crippen LogP contribution is 2.25. The normalized spacial score (nSPS) is 14.2. The fraction of sp³-hybridized carbons (Fsp3) is 0.167. The molecule has 0 spiro atoms. The van der Waals surface area contributed by atoms with Gasteiger partial charge in [0, 0.05) is 48.1 Å². The van der Waals surface area contributed by atoms with Crippen LogP contribution in [0.4, 0.5) is 5.69 Å². The van der Waals surface area contributed by atoms with E-state index < -0.39 is 0 Å². The van der Waals surface area contributed by atoms with Crippen LogP contribution in [0.1, 0.15) is 18.4 Å². The quantitative estimate of drug-likeness (QED) is 0.377. The van der Waals surface area contributed by atoms with E-state index in [1.54, 1.807) is 6.08 Å². The van der Waals surface area contributed by atoms with Crippen molar-refractivity contribution in [2.75, 3.05) is 18.4 Å². The minimum absolute atomic E-state index is 0.0182. The molecule has 0 radical (unpaired) electrons. The van der Waals surface area contributed by atoms with Crippen molar-refractivity contribution in [3.8, 4) is 16.9 Å². The maximum absolute atomic E-state index is 13.0. The average molecular weight is 477 g/mol. The second-order valence-electron chi connectivity index (χ2n) is 8.87. The minimum Gasteiger partial charge on any atom is -0.339 e. The first-order valence-electron chi connectivity index (χ1n) is 12.2. The molecule has 5 rings (SSSR count). The Kier molecular flexibility index (Phi) is 7.03. The Balaban J connectivity index is 1.26. The highest BCUT2D eigenvalue weighted by molar-refractivity contribution is 5.94. The van der Waals surface area contributed by atoms with Gasteiger partial charge in [-0.25, -0.2) is 4.68 Å². The molecule has 0 bridgehead atoms. The lowest BCUT2D eigenvalue weighted by Gasteiger charge is -2.30. The summed E-state index contributed by atoms with van der Waals surface area (Å²) < 4.78 is 1.84. The van der Waals surface area contributed by atoms with Gasteiger partial charge in [0.15, 0.2) is 0 Å². The number of para-hydroxylation sites is 2. The molecule has 36 heavy (non-hydrogen) atoms. The third kappa shape index (κ3) is 5.44. The number of hydrogen-bond acceptors (Lipinski definition) is 3. The molecule has 3 aromatic carbocycles. The van der Waals surface area contributed by atoms with Crippen molar-refractivity contribution in [1.82, 2.24) is 14.7 Å². The van der Waals surface area contributed by atoms with E-state index in [4.69, 9.17) is 5.10 Å². The van der Waals surface area contributed by atoms with Gasteiger partial charge in [-0.05, 0) is 43.2 Å². The van der Waals surface area contributed by atoms with Crippen molar-refractivity contribution in [1.29, 1.82) is 0 Å². The predicted octanol–water partition coefficient (Wildman–Crippen LogP) is 5.43. The van der Waals surface area contributed by atoms with Crippen LogP contribution in [0.3, 0.4) is 0 Å². The molecule has 1 saturated heterocycles. The molecule has 6 heteroatoms. The predicted molar refractivity (Wildman–Crippen MR) is 142 cm³/mol. The molecule has 1 aliphatic heterocycles. The lowest BCUT2D eigenvalue weighted by Crippen LogP contribution is -2.40. The standard InChI is InChI=1S/C30H28N4O2/c35-28(33-20-18-24(19-21-33)30(36)31-26-12-6-2-7-13-26)17-16-25-22-34(27-14-8-3-9-15-27)32-29(25)23-10-4-1-5-11-23/h1-17,22,24H,18-21H2,(H,31,36)/b17-16+. The second-order valence-corrected chi connectivity index (χ2v) is 8.87. The number of rotatable bonds is 6. The summed E-state index contributed by atoms with van der Waals surface area (Å²) in [7, 11) is 0. The van der Waals surface area contributed by atoms with Gasteiger partial charge in [0.1, 0.15) is 0 Å². The number of aromatic nitrogens is 2. The Morgan fingerprint density at radius 1 is 0.833 bits per heavy atom. The van der Waals surface area contributed by atoms with Gasteiger partial charge < -0.3 is 10.2 Å². The van der Waals surface area contributed by atoms with Gasteiger partial charge in [0.05, 0.1) is 11.4 Å². The number of nitrogens with zero attached hydrogens (tertiary/aromatic N) is 3. The van der Waals surface area contributed by atoms with E-state index in [1.807, 2.05) is 113 Å². The van der Waals surface area contributed by atoms with E-state index in [-0.39, 0.29) is 17.7 Å². The number of anilines is 1. The number of carbonyl (C=O) groups is 2. The summed E-state index contributed by atoms with van der Waals surface area (Å²) in [4.78, 5) is 27.4. The van der Waals surface area contributed by atoms with Crippen LogP contribution in [0.2, 0.25) is 0 Å². The summed E-state index contributed by atoms with van der Waals surface area (Å²) in [6.45, 7) is 1.12. The first-order chi connectivity index (χ1) is 17.7. The van der Waals surface area contributed by atoms with E-state index >= 15 is 0 Å². The molecule has 6 nitrogen and oxygen atoms in total. The van der Waals surface area contributed by atoms with E-state index in [2.05, 4.69) is 5.32 Å². The molecule has 0 unspecified atom stereocenters. The zero-order valence-electron chi connectivity index (χ0n) is 20.0. The highest BCUT2D eigenvalue weighted by atomic mass is 16.2. The number of carbonyl (C=O) groups excluding carboxylic acids is 2. The van der Waals surface area contributed by atoms with Gasteiger partial charge in [-0.3, -0.25) is 9.59 Å². The Bertz CT molecular complexity index is 1340. The van der Waals surface area contributed by atoms with Crippen molar-refractivity contribution in [3.63, 3.8) is 0 Å². The maximum atomic E-state index is 13.0. The Morgan fingerprint density at radius 3 is 2.11 bits per heavy atom. The summed E-state index contributed by atoms with van der Waals surface area (Å²) >= 11 is 0. The van der Waals surface area contributed by atoms with Crippen LogP contribution in [0.5, 0.6) is 0 Å². The van der Waals surface area contributed by atoms with Crippen LogP contribution in [0.15, 0.2) is 103 Å². The SMILES string of the molecule is O=C(Nc1ccccc1)C1CCN(C(=O)/C=C/c2cn(-c3ccccc3)nc2-c2ccccc2)CC1. The maximum Gasteiger partial charge on any atom is 0.246 e. The van der Waals surface area contributed by atoms with Gasteiger partial charge in [0.2, 0.25) is 11.8 Å². The van der Waals surface area contributed by atoms with Gasteiger partial charge in [-0.15, -0.1) is 0 Å². The number of hydrogen-bond donors (Lipinski definition) is 1. The first-order valence-corrected chi connectivity index (χ1v) is 12.2. The van der Waals surface area contributed by atoms with Crippen LogP contribution in [-0.4, -0.2) is 39.6 Å². The Morgan fingerprint density at radius 2 is 1.44 bits per heavy atom. The summed E-state index contributed by atoms with van der Waals surface area (Å²) in [6.07, 6.45) is 6.70. The smallest absolute Gasteiger partial charge is 0.246 e. The Labute approximate surface area is 210 Å². The van der Waals surface area contributed by atoms with Gasteiger partial charge >= 0.3 is 0 Å². The molecular weight excluding hydrogens is 448 g/mol. The van der Waals surface area contributed by atoms with Gasteiger partial charge in [-0.1, -0.05) is 66.7 Å². The van der Waals surface area contributed by atoms with E-state index in [1.165, 1.54) is 0 Å². The third-order valence-corrected chi connectivity index (χ3v) is 6.43. The lowest BCUT2D eigenvalue weighted by atomic mass is 9.95. The number of nitrogens with one attached hydrogen (secondary N) is 1. The lowest BCUT2D eigenvalue weighted by molar-refractivity contribution is -0.130. The minimum atomic E-state index is -0.0907. The molecule has 1 fully saturated rings. The van der Waals surface area contributed by atoms with Crippen LogP contribution in [0, 0.1) is 5.92 Å². The number of likely N-dealkylation sites (tertiary alicyclic amines) is 1. The molecule has 1 N–H and O–H groups in total. The topological polar surface area (TPSA) is 67.2 Å². The van der Waals surface area contributed by atoms with Gasteiger partial charge in [-0.2, -0.15) is 5.10 Å². The zero-order valence-corrected chi connectivity index (χ0v) is 20.0. The third-order valence-electron chi connectivity index (χ3n) is 6.43. The van der Waals surface area contributed by atoms with Crippen molar-refractivity contribution >= 4 is 23.6 Å². The monoisotopic (exact) mass is 476 g/mol. The molecule has 1 aliphatic rings. The summed E-state index contributed by atoms with van der Waals surface area (Å²) in [5, 5.41) is 7.78. The van der Waals surface area contributed by atoms with E-state index in [9.17, 15) is 9.59 Å². The summed E-state index contributed by atoms with van der Waals surface area (Å²) in [6, 6.07) is 29.4. The molecule has 0 atom stereocenters. The summed E-state index contributed by atoms with van der Waals surface area (Å²) in [5.74, 6) is -0.125. The van der Waals surface area contributed by atoms with Crippen LogP contribution >= 0.6 is 0 Å². The fourth-order valence-corrected chi connectivity index (χ4v) is 4.44. The van der Waals surface area contributed by atoms with Crippen LogP contribution < -0.4 is 5.32 Å². The zero-order chi connectivity index (χ0) is 24.7. The first kappa shape index (κ1) is 23.3. The molecule has 0 aliphatic carbocycles. The second kappa shape index (κ2) is 10.9. The van der Waals surface area contributed by atoms with Crippen molar-refractivity contribution < 1.29 is 9.59 Å². The average Bonchev–Trinajstić information content (AvgIpc) is 3.38. The number of amides is 2. The summed E-state index contributed by atoms with van der Waals surface area (Å²) in [5.41, 5.74) is 4.44. The molecule has 0 saturated carbocycles. The molecule has 2 amide bonds. The van der Waals surface area contributed by atoms with Crippen molar-refractivity contribution in [2.24, 2.45) is 5.92 Å². The Hall–Kier alpha value is -4.45. The number of benzene rings is 3.